The molecule has 2 aliphatic heterocycles. The van der Waals surface area contributed by atoms with Gasteiger partial charge in [-0.2, -0.15) is 0 Å². The van der Waals surface area contributed by atoms with Crippen LogP contribution >= 0.6 is 0 Å². The summed E-state index contributed by atoms with van der Waals surface area (Å²) in [4.78, 5) is 16.9. The quantitative estimate of drug-likeness (QED) is 0.919. The van der Waals surface area contributed by atoms with Crippen LogP contribution in [0.2, 0.25) is 0 Å². The van der Waals surface area contributed by atoms with E-state index < -0.39 is 0 Å². The Bertz CT molecular complexity index is 536. The third-order valence-corrected chi connectivity index (χ3v) is 5.01. The number of anilines is 1. The van der Waals surface area contributed by atoms with Crippen LogP contribution in [0.15, 0.2) is 24.3 Å². The number of ether oxygens (including phenoxy) is 1. The maximum Gasteiger partial charge on any atom is 0.253 e. The normalized spacial score (nSPS) is 22.7. The number of rotatable bonds is 4. The van der Waals surface area contributed by atoms with Crippen LogP contribution < -0.4 is 4.90 Å². The highest BCUT2D eigenvalue weighted by atomic mass is 16.5. The van der Waals surface area contributed by atoms with Crippen molar-refractivity contribution in [3.63, 3.8) is 0 Å². The second-order valence-corrected chi connectivity index (χ2v) is 6.74. The van der Waals surface area contributed by atoms with Crippen molar-refractivity contribution in [1.29, 1.82) is 0 Å². The summed E-state index contributed by atoms with van der Waals surface area (Å²) in [6.45, 7) is 5.95. The topological polar surface area (TPSA) is 53.0 Å². The van der Waals surface area contributed by atoms with Gasteiger partial charge >= 0.3 is 0 Å². The van der Waals surface area contributed by atoms with Crippen LogP contribution in [0.4, 0.5) is 5.69 Å². The van der Waals surface area contributed by atoms with E-state index in [9.17, 15) is 9.90 Å². The maximum atomic E-state index is 12.7. The number of piperidine rings is 2. The molecular formula is C19H28N2O3. The van der Waals surface area contributed by atoms with E-state index in [1.54, 1.807) is 0 Å². The van der Waals surface area contributed by atoms with Crippen LogP contribution in [0.3, 0.4) is 0 Å². The molecule has 1 N–H and O–H groups in total. The molecule has 0 aliphatic carbocycles. The third kappa shape index (κ3) is 4.08. The molecule has 0 radical (unpaired) electrons. The van der Waals surface area contributed by atoms with Gasteiger partial charge in [0, 0.05) is 44.0 Å². The molecule has 0 saturated carbocycles. The SMILES string of the molecule is CCOC1CCCN(C(=O)c2ccc(N3CCC(O)CC3)cc2)C1. The molecular weight excluding hydrogens is 304 g/mol. The molecule has 2 heterocycles. The molecule has 1 unspecified atom stereocenters. The van der Waals surface area contributed by atoms with Gasteiger partial charge in [-0.1, -0.05) is 0 Å². The third-order valence-electron chi connectivity index (χ3n) is 5.01. The van der Waals surface area contributed by atoms with Gasteiger partial charge in [0.05, 0.1) is 12.2 Å². The van der Waals surface area contributed by atoms with Gasteiger partial charge in [-0.15, -0.1) is 0 Å². The summed E-state index contributed by atoms with van der Waals surface area (Å²) in [5.41, 5.74) is 1.87. The van der Waals surface area contributed by atoms with Gasteiger partial charge in [0.25, 0.3) is 5.91 Å². The molecule has 5 nitrogen and oxygen atoms in total. The summed E-state index contributed by atoms with van der Waals surface area (Å²) >= 11 is 0. The second kappa shape index (κ2) is 7.99. The standard InChI is InChI=1S/C19H28N2O3/c1-2-24-18-4-3-11-21(14-18)19(23)15-5-7-16(8-6-15)20-12-9-17(22)10-13-20/h5-8,17-18,22H,2-4,9-14H2,1H3. The van der Waals surface area contributed by atoms with Crippen LogP contribution in [-0.4, -0.2) is 60.9 Å². The number of hydrogen-bond donors (Lipinski definition) is 1. The molecule has 0 bridgehead atoms. The van der Waals surface area contributed by atoms with E-state index in [1.807, 2.05) is 36.1 Å². The van der Waals surface area contributed by atoms with Crippen LogP contribution in [0, 0.1) is 0 Å². The highest BCUT2D eigenvalue weighted by Gasteiger charge is 2.25. The number of nitrogens with zero attached hydrogens (tertiary/aromatic N) is 2. The average Bonchev–Trinajstić information content (AvgIpc) is 2.62. The predicted octanol–water partition coefficient (Wildman–Crippen LogP) is 2.29. The van der Waals surface area contributed by atoms with E-state index in [0.29, 0.717) is 13.2 Å². The second-order valence-electron chi connectivity index (χ2n) is 6.74. The Kier molecular flexibility index (Phi) is 5.74. The first-order valence-electron chi connectivity index (χ1n) is 9.11. The average molecular weight is 332 g/mol. The lowest BCUT2D eigenvalue weighted by atomic mass is 10.0. The molecule has 0 aromatic heterocycles. The smallest absolute Gasteiger partial charge is 0.253 e. The van der Waals surface area contributed by atoms with Gasteiger partial charge in [-0.3, -0.25) is 4.79 Å². The van der Waals surface area contributed by atoms with Crippen molar-refractivity contribution in [2.24, 2.45) is 0 Å². The first-order chi connectivity index (χ1) is 11.7. The van der Waals surface area contributed by atoms with Crippen molar-refractivity contribution in [3.05, 3.63) is 29.8 Å². The highest BCUT2D eigenvalue weighted by molar-refractivity contribution is 5.94. The fourth-order valence-corrected chi connectivity index (χ4v) is 3.62. The molecule has 2 aliphatic rings. The molecule has 0 spiro atoms. The number of hydrogen-bond acceptors (Lipinski definition) is 4. The molecule has 1 aromatic rings. The zero-order chi connectivity index (χ0) is 16.9. The molecule has 3 rings (SSSR count). The molecule has 1 atom stereocenters. The molecule has 1 amide bonds. The van der Waals surface area contributed by atoms with E-state index in [4.69, 9.17) is 4.74 Å². The number of likely N-dealkylation sites (tertiary alicyclic amines) is 1. The Morgan fingerprint density at radius 2 is 1.88 bits per heavy atom. The van der Waals surface area contributed by atoms with Crippen molar-refractivity contribution in [3.8, 4) is 0 Å². The Morgan fingerprint density at radius 3 is 2.54 bits per heavy atom. The van der Waals surface area contributed by atoms with Crippen LogP contribution in [-0.2, 0) is 4.74 Å². The summed E-state index contributed by atoms with van der Waals surface area (Å²) in [6, 6.07) is 7.89. The fourth-order valence-electron chi connectivity index (χ4n) is 3.62. The summed E-state index contributed by atoms with van der Waals surface area (Å²) in [6.07, 6.45) is 3.67. The van der Waals surface area contributed by atoms with Crippen molar-refractivity contribution in [1.82, 2.24) is 4.90 Å². The summed E-state index contributed by atoms with van der Waals surface area (Å²) in [5, 5.41) is 9.61. The minimum Gasteiger partial charge on any atom is -0.393 e. The Morgan fingerprint density at radius 1 is 1.17 bits per heavy atom. The lowest BCUT2D eigenvalue weighted by Gasteiger charge is -2.33. The number of aliphatic hydroxyl groups excluding tert-OH is 1. The highest BCUT2D eigenvalue weighted by Crippen LogP contribution is 2.22. The lowest BCUT2D eigenvalue weighted by Crippen LogP contribution is -2.43. The number of amides is 1. The van der Waals surface area contributed by atoms with Gasteiger partial charge in [0.1, 0.15) is 0 Å². The Hall–Kier alpha value is -1.59. The Labute approximate surface area is 144 Å². The van der Waals surface area contributed by atoms with Crippen LogP contribution in [0.25, 0.3) is 0 Å². The van der Waals surface area contributed by atoms with Crippen molar-refractivity contribution < 1.29 is 14.6 Å². The molecule has 1 aromatic carbocycles. The fraction of sp³-hybridized carbons (Fsp3) is 0.632. The van der Waals surface area contributed by atoms with E-state index in [2.05, 4.69) is 4.90 Å². The van der Waals surface area contributed by atoms with Crippen molar-refractivity contribution in [2.75, 3.05) is 37.7 Å². The summed E-state index contributed by atoms with van der Waals surface area (Å²) in [5.74, 6) is 0.0972. The molecule has 2 fully saturated rings. The zero-order valence-electron chi connectivity index (χ0n) is 14.5. The van der Waals surface area contributed by atoms with Gasteiger partial charge in [0.15, 0.2) is 0 Å². The molecule has 24 heavy (non-hydrogen) atoms. The first-order valence-corrected chi connectivity index (χ1v) is 9.11. The zero-order valence-corrected chi connectivity index (χ0v) is 14.5. The number of carbonyl (C=O) groups is 1. The van der Waals surface area contributed by atoms with Gasteiger partial charge in [-0.25, -0.2) is 0 Å². The van der Waals surface area contributed by atoms with E-state index in [0.717, 1.165) is 56.6 Å². The first kappa shape index (κ1) is 17.2. The van der Waals surface area contributed by atoms with Gasteiger partial charge in [0.2, 0.25) is 0 Å². The largest absolute Gasteiger partial charge is 0.393 e. The minimum atomic E-state index is -0.167. The Balaban J connectivity index is 1.61. The van der Waals surface area contributed by atoms with E-state index in [1.165, 1.54) is 0 Å². The summed E-state index contributed by atoms with van der Waals surface area (Å²) < 4.78 is 5.69. The van der Waals surface area contributed by atoms with Gasteiger partial charge < -0.3 is 19.6 Å². The number of aliphatic hydroxyl groups is 1. The van der Waals surface area contributed by atoms with E-state index in [-0.39, 0.29) is 18.1 Å². The lowest BCUT2D eigenvalue weighted by molar-refractivity contribution is 0.00724. The van der Waals surface area contributed by atoms with Crippen LogP contribution in [0.1, 0.15) is 43.0 Å². The molecule has 132 valence electrons. The van der Waals surface area contributed by atoms with Crippen molar-refractivity contribution in [2.45, 2.75) is 44.8 Å². The summed E-state index contributed by atoms with van der Waals surface area (Å²) in [7, 11) is 0. The predicted molar refractivity (Wildman–Crippen MR) is 94.4 cm³/mol. The number of benzene rings is 1. The molecule has 5 heteroatoms. The number of carbonyl (C=O) groups excluding carboxylic acids is 1. The maximum absolute atomic E-state index is 12.7. The molecule has 2 saturated heterocycles. The van der Waals surface area contributed by atoms with Gasteiger partial charge in [-0.05, 0) is 56.9 Å². The monoisotopic (exact) mass is 332 g/mol. The van der Waals surface area contributed by atoms with E-state index >= 15 is 0 Å². The minimum absolute atomic E-state index is 0.0972. The van der Waals surface area contributed by atoms with Crippen LogP contribution in [0.5, 0.6) is 0 Å². The van der Waals surface area contributed by atoms with Crippen molar-refractivity contribution >= 4 is 11.6 Å².